The van der Waals surface area contributed by atoms with Crippen molar-refractivity contribution >= 4 is 33.3 Å². The van der Waals surface area contributed by atoms with Crippen molar-refractivity contribution in [2.75, 3.05) is 5.32 Å². The molecule has 0 aliphatic heterocycles. The lowest BCUT2D eigenvalue weighted by Gasteiger charge is -2.09. The van der Waals surface area contributed by atoms with Crippen molar-refractivity contribution in [3.63, 3.8) is 0 Å². The van der Waals surface area contributed by atoms with E-state index in [0.717, 1.165) is 27.7 Å². The molecule has 4 aromatic rings. The minimum Gasteiger partial charge on any atom is -0.454 e. The maximum Gasteiger partial charge on any atom is 0.158 e. The number of rotatable bonds is 3. The molecule has 23 heavy (non-hydrogen) atoms. The summed E-state index contributed by atoms with van der Waals surface area (Å²) in [6.07, 6.45) is 0. The van der Waals surface area contributed by atoms with Crippen molar-refractivity contribution < 1.29 is 5.79 Å². The predicted octanol–water partition coefficient (Wildman–Crippen LogP) is 6.45. The summed E-state index contributed by atoms with van der Waals surface area (Å²) in [5, 5.41) is 5.45. The molecule has 0 spiro atoms. The zero-order valence-corrected chi connectivity index (χ0v) is 13.3. The van der Waals surface area contributed by atoms with Gasteiger partial charge in [-0.05, 0) is 35.7 Å². The van der Waals surface area contributed by atoms with Crippen LogP contribution in [-0.2, 0) is 0 Å². The van der Waals surface area contributed by atoms with E-state index in [4.69, 9.17) is 5.79 Å². The molecule has 2 heteroatoms. The average Bonchev–Trinajstić information content (AvgIpc) is 2.97. The minimum absolute atomic E-state index is 0.413. The van der Waals surface area contributed by atoms with Crippen molar-refractivity contribution in [1.82, 2.24) is 0 Å². The minimum atomic E-state index is 0.413. The van der Waals surface area contributed by atoms with Gasteiger partial charge in [-0.2, -0.15) is 0 Å². The smallest absolute Gasteiger partial charge is 0.158 e. The fourth-order valence-corrected chi connectivity index (χ4v) is 2.88. The van der Waals surface area contributed by atoms with Crippen LogP contribution in [0.5, 0.6) is 0 Å². The molecule has 0 amide bonds. The largest absolute Gasteiger partial charge is 0.454 e. The number of hydrogen-bond acceptors (Lipinski definition) is 2. The molecular formula is C21H19NO. The first-order valence-corrected chi connectivity index (χ1v) is 7.91. The van der Waals surface area contributed by atoms with Crippen LogP contribution in [-0.4, -0.2) is 0 Å². The maximum absolute atomic E-state index is 8.04. The molecule has 0 fully saturated rings. The molecule has 1 heterocycles. The van der Waals surface area contributed by atoms with Crippen LogP contribution in [0.1, 0.15) is 26.7 Å². The molecule has 0 bridgehead atoms. The van der Waals surface area contributed by atoms with Crippen molar-refractivity contribution in [2.45, 2.75) is 19.8 Å². The Balaban J connectivity index is 1.79. The summed E-state index contributed by atoms with van der Waals surface area (Å²) in [6.45, 7) is 4.38. The van der Waals surface area contributed by atoms with Gasteiger partial charge in [-0.1, -0.05) is 56.3 Å². The summed E-state index contributed by atoms with van der Waals surface area (Å²) in [7, 11) is 0. The highest BCUT2D eigenvalue weighted by Crippen LogP contribution is 2.34. The van der Waals surface area contributed by atoms with Gasteiger partial charge in [0.05, 0.1) is 7.06 Å². The summed E-state index contributed by atoms with van der Waals surface area (Å²) < 4.78 is 14.0. The third-order valence-electron chi connectivity index (χ3n) is 4.18. The van der Waals surface area contributed by atoms with E-state index in [1.165, 1.54) is 5.56 Å². The fourth-order valence-electron chi connectivity index (χ4n) is 2.88. The van der Waals surface area contributed by atoms with Crippen LogP contribution in [0.3, 0.4) is 0 Å². The van der Waals surface area contributed by atoms with E-state index in [2.05, 4.69) is 43.4 Å². The summed E-state index contributed by atoms with van der Waals surface area (Å²) in [6, 6.07) is 20.6. The quantitative estimate of drug-likeness (QED) is 0.470. The Kier molecular flexibility index (Phi) is 3.04. The number of benzene rings is 3. The topological polar surface area (TPSA) is 25.2 Å². The van der Waals surface area contributed by atoms with E-state index in [-0.39, 0.29) is 0 Å². The zero-order chi connectivity index (χ0) is 16.7. The average molecular weight is 302 g/mol. The lowest BCUT2D eigenvalue weighted by Crippen LogP contribution is -1.92. The molecular weight excluding hydrogens is 282 g/mol. The first-order chi connectivity index (χ1) is 11.6. The van der Waals surface area contributed by atoms with Crippen molar-refractivity contribution in [2.24, 2.45) is 0 Å². The highest BCUT2D eigenvalue weighted by Gasteiger charge is 2.10. The Morgan fingerprint density at radius 3 is 2.48 bits per heavy atom. The molecule has 2 nitrogen and oxygen atoms in total. The predicted molar refractivity (Wildman–Crippen MR) is 97.5 cm³/mol. The molecule has 0 saturated heterocycles. The lowest BCUT2D eigenvalue weighted by atomic mass is 10.0. The van der Waals surface area contributed by atoms with E-state index in [1.807, 2.05) is 30.3 Å². The Labute approximate surface area is 137 Å². The van der Waals surface area contributed by atoms with Crippen LogP contribution in [0, 0.1) is 0 Å². The van der Waals surface area contributed by atoms with Gasteiger partial charge in [0.25, 0.3) is 0 Å². The lowest BCUT2D eigenvalue weighted by molar-refractivity contribution is 0.670. The molecule has 0 unspecified atom stereocenters. The molecule has 0 aliphatic rings. The number of furan rings is 1. The van der Waals surface area contributed by atoms with E-state index in [9.17, 15) is 0 Å². The van der Waals surface area contributed by atoms with Gasteiger partial charge < -0.3 is 9.73 Å². The van der Waals surface area contributed by atoms with E-state index in [0.29, 0.717) is 17.5 Å². The first kappa shape index (κ1) is 12.8. The van der Waals surface area contributed by atoms with Crippen molar-refractivity contribution in [3.8, 4) is 0 Å². The molecule has 0 aliphatic carbocycles. The van der Waals surface area contributed by atoms with Gasteiger partial charge in [0.2, 0.25) is 0 Å². The highest BCUT2D eigenvalue weighted by atomic mass is 16.3. The monoisotopic (exact) mass is 302 g/mol. The van der Waals surface area contributed by atoms with Crippen LogP contribution in [0.2, 0.25) is 0 Å². The Morgan fingerprint density at radius 1 is 0.913 bits per heavy atom. The molecule has 0 atom stereocenters. The summed E-state index contributed by atoms with van der Waals surface area (Å²) in [5.41, 5.74) is 4.69. The number of nitrogens with one attached hydrogen (secondary N) is 1. The van der Waals surface area contributed by atoms with Crippen LogP contribution in [0.15, 0.2) is 71.1 Å². The summed E-state index contributed by atoms with van der Waals surface area (Å²) in [5.74, 6) is 0.522. The second-order valence-corrected chi connectivity index (χ2v) is 6.10. The molecule has 0 saturated carbocycles. The zero-order valence-electron chi connectivity index (χ0n) is 14.3. The molecule has 1 aromatic heterocycles. The van der Waals surface area contributed by atoms with Gasteiger partial charge in [-0.15, -0.1) is 0 Å². The third-order valence-corrected chi connectivity index (χ3v) is 4.18. The van der Waals surface area contributed by atoms with Gasteiger partial charge in [0, 0.05) is 16.5 Å². The second-order valence-electron chi connectivity index (χ2n) is 6.10. The van der Waals surface area contributed by atoms with Crippen molar-refractivity contribution in [3.05, 3.63) is 72.3 Å². The molecule has 114 valence electrons. The maximum atomic E-state index is 8.04. The number of para-hydroxylation sites is 2. The standard InChI is InChI=1S/C21H19NO/c1-14(2)15-10-12-16(13-11-15)22-19-8-5-7-18-17-6-3-4-9-20(17)23-21(18)19/h3-14,22H,1-2H3/i9D. The molecule has 4 rings (SSSR count). The summed E-state index contributed by atoms with van der Waals surface area (Å²) in [4.78, 5) is 0. The van der Waals surface area contributed by atoms with E-state index < -0.39 is 0 Å². The van der Waals surface area contributed by atoms with Gasteiger partial charge in [0.15, 0.2) is 5.58 Å². The SMILES string of the molecule is [2H]c1cccc2c1oc1c(Nc3ccc(C(C)C)cc3)cccc12. The normalized spacial score (nSPS) is 12.0. The Bertz CT molecular complexity index is 1020. The van der Waals surface area contributed by atoms with Crippen LogP contribution < -0.4 is 5.32 Å². The van der Waals surface area contributed by atoms with E-state index >= 15 is 0 Å². The molecule has 0 radical (unpaired) electrons. The molecule has 3 aromatic carbocycles. The number of anilines is 2. The third kappa shape index (κ3) is 2.46. The van der Waals surface area contributed by atoms with E-state index in [1.54, 1.807) is 6.07 Å². The highest BCUT2D eigenvalue weighted by molar-refractivity contribution is 6.09. The Morgan fingerprint density at radius 2 is 1.70 bits per heavy atom. The molecule has 1 N–H and O–H groups in total. The van der Waals surface area contributed by atoms with Gasteiger partial charge in [0.1, 0.15) is 5.58 Å². The van der Waals surface area contributed by atoms with Crippen molar-refractivity contribution in [1.29, 1.82) is 0 Å². The van der Waals surface area contributed by atoms with Crippen LogP contribution in [0.4, 0.5) is 11.4 Å². The van der Waals surface area contributed by atoms with Gasteiger partial charge in [-0.25, -0.2) is 0 Å². The summed E-state index contributed by atoms with van der Waals surface area (Å²) >= 11 is 0. The second kappa shape index (κ2) is 5.47. The number of fused-ring (bicyclic) bond motifs is 3. The number of hydrogen-bond donors (Lipinski definition) is 1. The van der Waals surface area contributed by atoms with Gasteiger partial charge >= 0.3 is 0 Å². The van der Waals surface area contributed by atoms with Crippen LogP contribution >= 0.6 is 0 Å². The van der Waals surface area contributed by atoms with Gasteiger partial charge in [-0.3, -0.25) is 0 Å². The fraction of sp³-hybridized carbons (Fsp3) is 0.143. The Hall–Kier alpha value is -2.74. The van der Waals surface area contributed by atoms with Crippen LogP contribution in [0.25, 0.3) is 21.9 Å². The first-order valence-electron chi connectivity index (χ1n) is 8.41.